The predicted octanol–water partition coefficient (Wildman–Crippen LogP) is 0.808. The van der Waals surface area contributed by atoms with E-state index in [0.717, 1.165) is 0 Å². The van der Waals surface area contributed by atoms with Crippen LogP contribution in [0.2, 0.25) is 0 Å². The lowest BCUT2D eigenvalue weighted by Gasteiger charge is -2.29. The van der Waals surface area contributed by atoms with Crippen molar-refractivity contribution >= 4 is 11.9 Å². The van der Waals surface area contributed by atoms with Crippen LogP contribution in [-0.2, 0) is 16.1 Å². The van der Waals surface area contributed by atoms with E-state index in [1.54, 1.807) is 39.2 Å². The first-order valence-electron chi connectivity index (χ1n) is 6.37. The molecular weight excluding hydrogens is 260 g/mol. The van der Waals surface area contributed by atoms with E-state index in [-0.39, 0.29) is 31.0 Å². The second kappa shape index (κ2) is 6.36. The Morgan fingerprint density at radius 3 is 2.55 bits per heavy atom. The number of carboxylic acids is 1. The molecule has 0 aliphatic heterocycles. The van der Waals surface area contributed by atoms with Crippen LogP contribution in [-0.4, -0.2) is 40.0 Å². The van der Waals surface area contributed by atoms with E-state index < -0.39 is 11.4 Å². The van der Waals surface area contributed by atoms with Gasteiger partial charge in [0.05, 0.1) is 11.8 Å². The molecule has 0 saturated heterocycles. The summed E-state index contributed by atoms with van der Waals surface area (Å²) in [5, 5.41) is 8.64. The van der Waals surface area contributed by atoms with Crippen LogP contribution in [0.5, 0.6) is 0 Å². The number of pyridine rings is 1. The van der Waals surface area contributed by atoms with Crippen LogP contribution >= 0.6 is 0 Å². The number of aliphatic carboxylic acids is 1. The van der Waals surface area contributed by atoms with Crippen molar-refractivity contribution in [3.05, 3.63) is 34.7 Å². The van der Waals surface area contributed by atoms with E-state index in [2.05, 4.69) is 0 Å². The van der Waals surface area contributed by atoms with Crippen LogP contribution in [0.3, 0.4) is 0 Å². The highest BCUT2D eigenvalue weighted by atomic mass is 16.4. The zero-order chi connectivity index (χ0) is 15.3. The van der Waals surface area contributed by atoms with Crippen molar-refractivity contribution in [3.8, 4) is 0 Å². The number of carboxylic acid groups (broad SMARTS) is 1. The summed E-state index contributed by atoms with van der Waals surface area (Å²) in [7, 11) is 1.57. The summed E-state index contributed by atoms with van der Waals surface area (Å²) in [5.74, 6) is -1.13. The van der Waals surface area contributed by atoms with Crippen LogP contribution < -0.4 is 5.56 Å². The van der Waals surface area contributed by atoms with Gasteiger partial charge in [-0.15, -0.1) is 0 Å². The van der Waals surface area contributed by atoms with Crippen LogP contribution in [0, 0.1) is 5.41 Å². The quantitative estimate of drug-likeness (QED) is 0.836. The lowest BCUT2D eigenvalue weighted by molar-refractivity contribution is -0.142. The summed E-state index contributed by atoms with van der Waals surface area (Å²) in [6.45, 7) is 3.89. The fraction of sp³-hybridized carbons (Fsp3) is 0.500. The lowest BCUT2D eigenvalue weighted by atomic mass is 9.91. The highest BCUT2D eigenvalue weighted by molar-refractivity contribution is 5.82. The Morgan fingerprint density at radius 2 is 2.00 bits per heavy atom. The van der Waals surface area contributed by atoms with Crippen molar-refractivity contribution in [1.29, 1.82) is 0 Å². The van der Waals surface area contributed by atoms with Crippen molar-refractivity contribution in [3.63, 3.8) is 0 Å². The molecule has 0 aliphatic rings. The zero-order valence-corrected chi connectivity index (χ0v) is 12.0. The first kappa shape index (κ1) is 15.9. The van der Waals surface area contributed by atoms with Crippen LogP contribution in [0.4, 0.5) is 0 Å². The molecule has 6 nitrogen and oxygen atoms in total. The Morgan fingerprint density at radius 1 is 1.35 bits per heavy atom. The van der Waals surface area contributed by atoms with Gasteiger partial charge >= 0.3 is 5.97 Å². The summed E-state index contributed by atoms with van der Waals surface area (Å²) in [6, 6.07) is 4.82. The normalized spacial score (nSPS) is 11.2. The Balaban J connectivity index is 2.77. The molecule has 1 aromatic heterocycles. The van der Waals surface area contributed by atoms with Crippen molar-refractivity contribution in [1.82, 2.24) is 9.47 Å². The van der Waals surface area contributed by atoms with Gasteiger partial charge in [-0.3, -0.25) is 14.4 Å². The van der Waals surface area contributed by atoms with Gasteiger partial charge in [0.25, 0.3) is 5.56 Å². The van der Waals surface area contributed by atoms with E-state index in [4.69, 9.17) is 5.11 Å². The number of rotatable bonds is 6. The Kier molecular flexibility index (Phi) is 5.07. The molecule has 0 aliphatic carbocycles. The first-order valence-corrected chi connectivity index (χ1v) is 6.37. The van der Waals surface area contributed by atoms with Gasteiger partial charge in [0.15, 0.2) is 0 Å². The smallest absolute Gasteiger partial charge is 0.305 e. The molecule has 1 amide bonds. The second-order valence-corrected chi connectivity index (χ2v) is 5.42. The minimum Gasteiger partial charge on any atom is -0.481 e. The number of carbonyl (C=O) groups is 2. The standard InChI is InChI=1S/C14H20N2O4/c1-14(2,10-16-8-5-4-6-11(16)17)13(20)15(3)9-7-12(18)19/h4-6,8H,7,9-10H2,1-3H3,(H,18,19). The molecule has 0 atom stereocenters. The Bertz CT molecular complexity index is 548. The summed E-state index contributed by atoms with van der Waals surface area (Å²) in [4.78, 5) is 35.9. The number of hydrogen-bond acceptors (Lipinski definition) is 3. The molecule has 20 heavy (non-hydrogen) atoms. The highest BCUT2D eigenvalue weighted by Crippen LogP contribution is 2.20. The number of nitrogens with zero attached hydrogens (tertiary/aromatic N) is 2. The molecular formula is C14H20N2O4. The fourth-order valence-corrected chi connectivity index (χ4v) is 1.97. The predicted molar refractivity (Wildman–Crippen MR) is 74.4 cm³/mol. The maximum atomic E-state index is 12.3. The summed E-state index contributed by atoms with van der Waals surface area (Å²) >= 11 is 0. The lowest BCUT2D eigenvalue weighted by Crippen LogP contribution is -2.43. The highest BCUT2D eigenvalue weighted by Gasteiger charge is 2.31. The molecule has 0 saturated carbocycles. The Labute approximate surface area is 117 Å². The topological polar surface area (TPSA) is 79.6 Å². The fourth-order valence-electron chi connectivity index (χ4n) is 1.97. The molecule has 0 fully saturated rings. The molecule has 6 heteroatoms. The number of carbonyl (C=O) groups excluding carboxylic acids is 1. The largest absolute Gasteiger partial charge is 0.481 e. The van der Waals surface area contributed by atoms with Crippen LogP contribution in [0.15, 0.2) is 29.2 Å². The molecule has 1 rings (SSSR count). The van der Waals surface area contributed by atoms with Crippen molar-refractivity contribution in [2.24, 2.45) is 5.41 Å². The van der Waals surface area contributed by atoms with Crippen LogP contribution in [0.25, 0.3) is 0 Å². The molecule has 1 aromatic rings. The number of amides is 1. The van der Waals surface area contributed by atoms with Gasteiger partial charge < -0.3 is 14.6 Å². The van der Waals surface area contributed by atoms with Gasteiger partial charge in [-0.05, 0) is 19.9 Å². The van der Waals surface area contributed by atoms with Crippen LogP contribution in [0.1, 0.15) is 20.3 Å². The van der Waals surface area contributed by atoms with Crippen molar-refractivity contribution in [2.45, 2.75) is 26.8 Å². The van der Waals surface area contributed by atoms with E-state index in [1.165, 1.54) is 15.5 Å². The third-order valence-electron chi connectivity index (χ3n) is 3.05. The van der Waals surface area contributed by atoms with E-state index >= 15 is 0 Å². The monoisotopic (exact) mass is 280 g/mol. The van der Waals surface area contributed by atoms with Gasteiger partial charge in [0, 0.05) is 32.4 Å². The molecule has 110 valence electrons. The minimum absolute atomic E-state index is 0.0936. The maximum absolute atomic E-state index is 12.3. The SMILES string of the molecule is CN(CCC(=O)O)C(=O)C(C)(C)Cn1ccccc1=O. The average molecular weight is 280 g/mol. The first-order chi connectivity index (χ1) is 9.24. The van der Waals surface area contributed by atoms with Gasteiger partial charge in [-0.2, -0.15) is 0 Å². The third kappa shape index (κ3) is 4.22. The van der Waals surface area contributed by atoms with Gasteiger partial charge in [0.2, 0.25) is 5.91 Å². The molecule has 0 unspecified atom stereocenters. The van der Waals surface area contributed by atoms with Crippen molar-refractivity contribution in [2.75, 3.05) is 13.6 Å². The van der Waals surface area contributed by atoms with E-state index in [0.29, 0.717) is 0 Å². The van der Waals surface area contributed by atoms with Gasteiger partial charge in [-0.1, -0.05) is 6.07 Å². The molecule has 0 spiro atoms. The summed E-state index contributed by atoms with van der Waals surface area (Å²) in [5.41, 5.74) is -0.945. The van der Waals surface area contributed by atoms with Gasteiger partial charge in [-0.25, -0.2) is 0 Å². The third-order valence-corrected chi connectivity index (χ3v) is 3.05. The summed E-state index contributed by atoms with van der Waals surface area (Å²) < 4.78 is 1.48. The summed E-state index contributed by atoms with van der Waals surface area (Å²) in [6.07, 6.45) is 1.54. The second-order valence-electron chi connectivity index (χ2n) is 5.42. The molecule has 0 radical (unpaired) electrons. The number of aromatic nitrogens is 1. The van der Waals surface area contributed by atoms with E-state index in [9.17, 15) is 14.4 Å². The van der Waals surface area contributed by atoms with E-state index in [1.807, 2.05) is 0 Å². The molecule has 0 aromatic carbocycles. The molecule has 0 bridgehead atoms. The zero-order valence-electron chi connectivity index (χ0n) is 12.0. The maximum Gasteiger partial charge on any atom is 0.305 e. The average Bonchev–Trinajstić information content (AvgIpc) is 2.37. The minimum atomic E-state index is -0.943. The molecule has 1 heterocycles. The van der Waals surface area contributed by atoms with Gasteiger partial charge in [0.1, 0.15) is 0 Å². The Hall–Kier alpha value is -2.11. The number of hydrogen-bond donors (Lipinski definition) is 1. The molecule has 1 N–H and O–H groups in total. The van der Waals surface area contributed by atoms with Crippen molar-refractivity contribution < 1.29 is 14.7 Å².